The standard InChI is InChI=1S/C83H166O2/c1-43-64(21,22)66(24,45-3)68(26,47-5)70(28,49-7)72(30,51-9)74(32,53-11)76(34,55-13)78(36,57-15)80(38,59-17)82(40,61-19)83(41,62-20)81(39,60-18)79(37,58-16)77(35,56-14)75(33,54-12)73(31,52-10)71(29,50-8)69(27,48-6)67(25,46-4)65(23,44-2)63(84)85-42/h43-62H2,1-42H3. The van der Waals surface area contributed by atoms with E-state index in [4.69, 9.17) is 4.74 Å². The fourth-order valence-electron chi connectivity index (χ4n) is 26.6. The van der Waals surface area contributed by atoms with Crippen LogP contribution in [0.3, 0.4) is 0 Å². The van der Waals surface area contributed by atoms with E-state index in [0.29, 0.717) is 0 Å². The van der Waals surface area contributed by atoms with E-state index in [2.05, 4.69) is 284 Å². The fraction of sp³-hybridized carbons (Fsp3) is 0.988. The second-order valence-electron chi connectivity index (χ2n) is 34.8. The molecule has 0 amide bonds. The monoisotopic (exact) mass is 1200 g/mol. The molecule has 0 fully saturated rings. The van der Waals surface area contributed by atoms with Crippen LogP contribution >= 0.6 is 0 Å². The molecule has 2 nitrogen and oxygen atoms in total. The van der Waals surface area contributed by atoms with E-state index in [1.807, 2.05) is 0 Å². The van der Waals surface area contributed by atoms with Crippen LogP contribution in [0.2, 0.25) is 0 Å². The second-order valence-corrected chi connectivity index (χ2v) is 34.8. The van der Waals surface area contributed by atoms with Crippen molar-refractivity contribution < 1.29 is 9.53 Å². The van der Waals surface area contributed by atoms with E-state index >= 15 is 0 Å². The average molecular weight is 1200 g/mol. The van der Waals surface area contributed by atoms with E-state index in [-0.39, 0.29) is 109 Å². The molecule has 0 bridgehead atoms. The molecule has 19 atom stereocenters. The van der Waals surface area contributed by atoms with Crippen molar-refractivity contribution in [3.63, 3.8) is 0 Å². The van der Waals surface area contributed by atoms with Crippen LogP contribution in [0.25, 0.3) is 0 Å². The van der Waals surface area contributed by atoms with Crippen molar-refractivity contribution in [2.24, 2.45) is 108 Å². The smallest absolute Gasteiger partial charge is 0.312 e. The van der Waals surface area contributed by atoms with Crippen molar-refractivity contribution >= 4 is 5.97 Å². The van der Waals surface area contributed by atoms with Gasteiger partial charge in [-0.2, -0.15) is 0 Å². The van der Waals surface area contributed by atoms with Gasteiger partial charge < -0.3 is 4.74 Å². The Morgan fingerprint density at radius 3 is 0.400 bits per heavy atom. The van der Waals surface area contributed by atoms with Crippen molar-refractivity contribution in [2.45, 2.75) is 412 Å². The molecule has 0 saturated heterocycles. The molecule has 0 aromatic heterocycles. The van der Waals surface area contributed by atoms with Gasteiger partial charge in [0.25, 0.3) is 0 Å². The minimum absolute atomic E-state index is 0.00308. The van der Waals surface area contributed by atoms with Crippen LogP contribution in [-0.2, 0) is 9.53 Å². The highest BCUT2D eigenvalue weighted by Crippen LogP contribution is 2.85. The molecule has 0 saturated carbocycles. The third kappa shape index (κ3) is 9.74. The van der Waals surface area contributed by atoms with E-state index < -0.39 is 5.41 Å². The quantitative estimate of drug-likeness (QED) is 0.0572. The Labute approximate surface area is 540 Å². The SMILES string of the molecule is CCC(C)(C)C(C)(CC)C(C)(CC)C(C)(CC)C(C)(CC)C(C)(CC)C(C)(CC)C(C)(CC)C(C)(CC)C(C)(CC)C(C)(CC)C(C)(CC)C(C)(CC)C(C)(CC)C(C)(CC)C(C)(CC)C(C)(CC)C(C)(CC)C(C)(CC)C(C)(CC)C(=O)OC. The summed E-state index contributed by atoms with van der Waals surface area (Å²) in [4.78, 5) is 14.5. The zero-order valence-corrected chi connectivity index (χ0v) is 67.5. The molecule has 2 heteroatoms. The molecule has 0 aliphatic rings. The summed E-state index contributed by atoms with van der Waals surface area (Å²) in [6, 6.07) is 0. The zero-order chi connectivity index (χ0) is 68.4. The summed E-state index contributed by atoms with van der Waals surface area (Å²) in [6.07, 6.45) is 22.0. The number of hydrogen-bond donors (Lipinski definition) is 0. The minimum Gasteiger partial charge on any atom is -0.469 e. The van der Waals surface area contributed by atoms with Gasteiger partial charge in [0.2, 0.25) is 0 Å². The number of methoxy groups -OCH3 is 1. The van der Waals surface area contributed by atoms with Crippen LogP contribution in [-0.4, -0.2) is 13.1 Å². The predicted octanol–water partition coefficient (Wildman–Crippen LogP) is 28.5. The Morgan fingerprint density at radius 1 is 0.188 bits per heavy atom. The van der Waals surface area contributed by atoms with Crippen LogP contribution in [0.15, 0.2) is 0 Å². The Bertz CT molecular complexity index is 2120. The summed E-state index contributed by atoms with van der Waals surface area (Å²) in [5, 5.41) is 0. The van der Waals surface area contributed by atoms with E-state index in [9.17, 15) is 4.79 Å². The second kappa shape index (κ2) is 27.6. The lowest BCUT2D eigenvalue weighted by molar-refractivity contribution is -0.308. The van der Waals surface area contributed by atoms with Gasteiger partial charge in [-0.15, -0.1) is 0 Å². The van der Waals surface area contributed by atoms with Gasteiger partial charge in [-0.3, -0.25) is 4.79 Å². The highest BCUT2D eigenvalue weighted by Gasteiger charge is 2.78. The topological polar surface area (TPSA) is 26.3 Å². The fourth-order valence-corrected chi connectivity index (χ4v) is 26.6. The number of rotatable bonds is 40. The molecule has 0 aliphatic carbocycles. The van der Waals surface area contributed by atoms with Crippen molar-refractivity contribution in [1.29, 1.82) is 0 Å². The summed E-state index contributed by atoms with van der Waals surface area (Å²) >= 11 is 0. The van der Waals surface area contributed by atoms with E-state index in [1.165, 1.54) is 32.1 Å². The Hall–Kier alpha value is -0.530. The first-order valence-corrected chi connectivity index (χ1v) is 37.5. The third-order valence-corrected chi connectivity index (χ3v) is 38.4. The maximum atomic E-state index is 14.5. The lowest BCUT2D eigenvalue weighted by Crippen LogP contribution is -2.72. The lowest BCUT2D eigenvalue weighted by Gasteiger charge is -2.79. The van der Waals surface area contributed by atoms with Crippen LogP contribution in [0.5, 0.6) is 0 Å². The van der Waals surface area contributed by atoms with Crippen LogP contribution in [0.4, 0.5) is 0 Å². The predicted molar refractivity (Wildman–Crippen MR) is 386 cm³/mol. The van der Waals surface area contributed by atoms with Crippen molar-refractivity contribution in [2.75, 3.05) is 7.11 Å². The average Bonchev–Trinajstić information content (AvgIpc) is 0.714. The first kappa shape index (κ1) is 84.5. The molecule has 0 aromatic rings. The summed E-state index contributed by atoms with van der Waals surface area (Å²) in [5.74, 6) is -0.0522. The molecule has 0 heterocycles. The molecule has 19 unspecified atom stereocenters. The lowest BCUT2D eigenvalue weighted by atomic mass is 9.25. The van der Waals surface area contributed by atoms with Gasteiger partial charge in [-0.1, -0.05) is 283 Å². The van der Waals surface area contributed by atoms with Crippen LogP contribution < -0.4 is 0 Å². The number of hydrogen-bond acceptors (Lipinski definition) is 2. The summed E-state index contributed by atoms with van der Waals surface area (Å²) in [6.45, 7) is 109. The summed E-state index contributed by atoms with van der Waals surface area (Å²) in [7, 11) is 1.62. The minimum atomic E-state index is -0.653. The first-order chi connectivity index (χ1) is 38.4. The van der Waals surface area contributed by atoms with Gasteiger partial charge in [0.05, 0.1) is 12.5 Å². The van der Waals surface area contributed by atoms with Gasteiger partial charge in [0.15, 0.2) is 0 Å². The molecular weight excluding hydrogens is 1030 g/mol. The normalized spacial score (nSPS) is 26.7. The molecule has 0 aromatic carbocycles. The number of ether oxygens (including phenoxy) is 1. The van der Waals surface area contributed by atoms with Crippen LogP contribution in [0.1, 0.15) is 412 Å². The number of carbonyl (C=O) groups excluding carboxylic acids is 1. The van der Waals surface area contributed by atoms with Crippen LogP contribution in [0, 0.1) is 108 Å². The zero-order valence-electron chi connectivity index (χ0n) is 67.5. The molecule has 510 valence electrons. The number of esters is 1. The summed E-state index contributed by atoms with van der Waals surface area (Å²) in [5.41, 5.74) is -1.86. The van der Waals surface area contributed by atoms with E-state index in [0.717, 1.165) is 96.3 Å². The summed E-state index contributed by atoms with van der Waals surface area (Å²) < 4.78 is 5.85. The van der Waals surface area contributed by atoms with Crippen molar-refractivity contribution in [1.82, 2.24) is 0 Å². The highest BCUT2D eigenvalue weighted by atomic mass is 16.5. The molecule has 0 rings (SSSR count). The van der Waals surface area contributed by atoms with Gasteiger partial charge >= 0.3 is 5.97 Å². The number of carbonyl (C=O) groups is 1. The van der Waals surface area contributed by atoms with Gasteiger partial charge in [0.1, 0.15) is 0 Å². The maximum absolute atomic E-state index is 14.5. The highest BCUT2D eigenvalue weighted by molar-refractivity contribution is 5.77. The maximum Gasteiger partial charge on any atom is 0.312 e. The van der Waals surface area contributed by atoms with E-state index in [1.54, 1.807) is 7.11 Å². The molecule has 0 N–H and O–H groups in total. The van der Waals surface area contributed by atoms with Gasteiger partial charge in [-0.05, 0) is 232 Å². The molecular formula is C83H166O2. The first-order valence-electron chi connectivity index (χ1n) is 37.5. The van der Waals surface area contributed by atoms with Crippen molar-refractivity contribution in [3.8, 4) is 0 Å². The molecule has 0 radical (unpaired) electrons. The largest absolute Gasteiger partial charge is 0.469 e. The van der Waals surface area contributed by atoms with Gasteiger partial charge in [0, 0.05) is 0 Å². The Morgan fingerprint density at radius 2 is 0.306 bits per heavy atom. The molecule has 85 heavy (non-hydrogen) atoms. The Kier molecular flexibility index (Phi) is 27.4. The molecule has 0 spiro atoms. The van der Waals surface area contributed by atoms with Crippen molar-refractivity contribution in [3.05, 3.63) is 0 Å². The van der Waals surface area contributed by atoms with Gasteiger partial charge in [-0.25, -0.2) is 0 Å². The molecule has 0 aliphatic heterocycles. The third-order valence-electron chi connectivity index (χ3n) is 38.4. The Balaban J connectivity index is 9.98.